The number of amides is 1. The van der Waals surface area contributed by atoms with E-state index in [1.165, 1.54) is 4.90 Å². The Hall–Kier alpha value is -3.23. The van der Waals surface area contributed by atoms with E-state index in [0.717, 1.165) is 53.3 Å². The SMILES string of the molecule is Cc1nc(C(=O)N(C)C)nc(N2CC[C@@H](Nc3ccnc4c3cnn4C)C2)c1C. The molecule has 0 aliphatic carbocycles. The van der Waals surface area contributed by atoms with Crippen LogP contribution in [0.15, 0.2) is 18.5 Å². The van der Waals surface area contributed by atoms with Crippen LogP contribution in [-0.2, 0) is 7.05 Å². The Labute approximate surface area is 169 Å². The Morgan fingerprint density at radius 2 is 2.07 bits per heavy atom. The van der Waals surface area contributed by atoms with Crippen molar-refractivity contribution in [2.45, 2.75) is 26.3 Å². The number of aryl methyl sites for hydroxylation is 2. The molecule has 1 aliphatic heterocycles. The van der Waals surface area contributed by atoms with Gasteiger partial charge in [0.05, 0.1) is 11.6 Å². The molecule has 0 bridgehead atoms. The van der Waals surface area contributed by atoms with Crippen LogP contribution in [0.2, 0.25) is 0 Å². The van der Waals surface area contributed by atoms with Crippen molar-refractivity contribution < 1.29 is 4.79 Å². The first-order valence-electron chi connectivity index (χ1n) is 9.70. The number of aromatic nitrogens is 5. The van der Waals surface area contributed by atoms with E-state index in [0.29, 0.717) is 0 Å². The van der Waals surface area contributed by atoms with Gasteiger partial charge < -0.3 is 15.1 Å². The van der Waals surface area contributed by atoms with Crippen molar-refractivity contribution in [1.82, 2.24) is 29.6 Å². The van der Waals surface area contributed by atoms with E-state index in [1.807, 2.05) is 33.2 Å². The molecule has 9 heteroatoms. The highest BCUT2D eigenvalue weighted by molar-refractivity contribution is 5.90. The lowest BCUT2D eigenvalue weighted by Crippen LogP contribution is -2.30. The van der Waals surface area contributed by atoms with Crippen LogP contribution in [0.5, 0.6) is 0 Å². The van der Waals surface area contributed by atoms with Gasteiger partial charge in [0.25, 0.3) is 5.91 Å². The summed E-state index contributed by atoms with van der Waals surface area (Å²) in [4.78, 5) is 29.5. The number of hydrogen-bond donors (Lipinski definition) is 1. The zero-order chi connectivity index (χ0) is 20.7. The molecule has 1 fully saturated rings. The molecule has 4 rings (SSSR count). The Kier molecular flexibility index (Phi) is 4.81. The Balaban J connectivity index is 1.56. The largest absolute Gasteiger partial charge is 0.380 e. The van der Waals surface area contributed by atoms with Gasteiger partial charge in [-0.1, -0.05) is 0 Å². The van der Waals surface area contributed by atoms with E-state index in [1.54, 1.807) is 25.0 Å². The average molecular weight is 394 g/mol. The Morgan fingerprint density at radius 3 is 2.83 bits per heavy atom. The number of carbonyl (C=O) groups excluding carboxylic acids is 1. The maximum absolute atomic E-state index is 12.4. The summed E-state index contributed by atoms with van der Waals surface area (Å²) in [6, 6.07) is 2.25. The number of anilines is 2. The molecule has 3 aromatic heterocycles. The molecule has 1 amide bonds. The topological polar surface area (TPSA) is 92.1 Å². The van der Waals surface area contributed by atoms with Gasteiger partial charge in [-0.2, -0.15) is 5.10 Å². The van der Waals surface area contributed by atoms with E-state index < -0.39 is 0 Å². The minimum absolute atomic E-state index is 0.182. The summed E-state index contributed by atoms with van der Waals surface area (Å²) in [5.41, 5.74) is 3.75. The van der Waals surface area contributed by atoms with Crippen molar-refractivity contribution >= 4 is 28.4 Å². The normalized spacial score (nSPS) is 16.4. The van der Waals surface area contributed by atoms with E-state index in [-0.39, 0.29) is 17.8 Å². The molecule has 4 heterocycles. The van der Waals surface area contributed by atoms with Gasteiger partial charge in [0.15, 0.2) is 5.65 Å². The molecule has 9 nitrogen and oxygen atoms in total. The predicted molar refractivity (Wildman–Crippen MR) is 112 cm³/mol. The van der Waals surface area contributed by atoms with Gasteiger partial charge in [-0.15, -0.1) is 0 Å². The van der Waals surface area contributed by atoms with Crippen molar-refractivity contribution in [1.29, 1.82) is 0 Å². The third-order valence-electron chi connectivity index (χ3n) is 5.44. The monoisotopic (exact) mass is 394 g/mol. The van der Waals surface area contributed by atoms with Crippen LogP contribution >= 0.6 is 0 Å². The third kappa shape index (κ3) is 3.48. The van der Waals surface area contributed by atoms with Crippen LogP contribution in [0.1, 0.15) is 28.3 Å². The van der Waals surface area contributed by atoms with Crippen molar-refractivity contribution in [3.63, 3.8) is 0 Å². The van der Waals surface area contributed by atoms with Crippen LogP contribution in [0.3, 0.4) is 0 Å². The minimum atomic E-state index is -0.182. The smallest absolute Gasteiger partial charge is 0.291 e. The van der Waals surface area contributed by atoms with Crippen LogP contribution in [-0.4, -0.2) is 68.8 Å². The molecule has 1 atom stereocenters. The van der Waals surface area contributed by atoms with Crippen LogP contribution in [0.25, 0.3) is 11.0 Å². The summed E-state index contributed by atoms with van der Waals surface area (Å²) in [5, 5.41) is 8.95. The molecule has 1 aliphatic rings. The lowest BCUT2D eigenvalue weighted by molar-refractivity contribution is 0.0815. The standard InChI is InChI=1S/C20H26N8O/c1-12-13(2)23-17(20(29)26(3)4)25-18(12)28-9-7-14(11-28)24-16-6-8-21-19-15(16)10-22-27(19)5/h6,8,10,14H,7,9,11H2,1-5H3,(H,21,24)/t14-/m1/s1. The van der Waals surface area contributed by atoms with Crippen LogP contribution in [0.4, 0.5) is 11.5 Å². The van der Waals surface area contributed by atoms with Gasteiger partial charge in [-0.05, 0) is 26.3 Å². The molecule has 0 radical (unpaired) electrons. The van der Waals surface area contributed by atoms with Gasteiger partial charge in [-0.3, -0.25) is 9.48 Å². The zero-order valence-electron chi connectivity index (χ0n) is 17.5. The molecule has 0 unspecified atom stereocenters. The fourth-order valence-electron chi connectivity index (χ4n) is 3.68. The van der Waals surface area contributed by atoms with Crippen LogP contribution in [0, 0.1) is 13.8 Å². The predicted octanol–water partition coefficient (Wildman–Crippen LogP) is 1.77. The second-order valence-corrected chi connectivity index (χ2v) is 7.72. The summed E-state index contributed by atoms with van der Waals surface area (Å²) in [6.45, 7) is 5.61. The van der Waals surface area contributed by atoms with E-state index >= 15 is 0 Å². The summed E-state index contributed by atoms with van der Waals surface area (Å²) >= 11 is 0. The molecule has 152 valence electrons. The van der Waals surface area contributed by atoms with E-state index in [9.17, 15) is 4.79 Å². The highest BCUT2D eigenvalue weighted by Crippen LogP contribution is 2.27. The highest BCUT2D eigenvalue weighted by atomic mass is 16.2. The van der Waals surface area contributed by atoms with E-state index in [2.05, 4.69) is 30.3 Å². The fourth-order valence-corrected chi connectivity index (χ4v) is 3.68. The Morgan fingerprint density at radius 1 is 1.28 bits per heavy atom. The molecular formula is C20H26N8O. The summed E-state index contributed by atoms with van der Waals surface area (Å²) in [7, 11) is 5.32. The first kappa shape index (κ1) is 19.1. The number of pyridine rings is 1. The van der Waals surface area contributed by atoms with Crippen molar-refractivity contribution in [2.24, 2.45) is 7.05 Å². The zero-order valence-corrected chi connectivity index (χ0v) is 17.5. The summed E-state index contributed by atoms with van der Waals surface area (Å²) in [5.74, 6) is 0.906. The quantitative estimate of drug-likeness (QED) is 0.721. The number of nitrogens with one attached hydrogen (secondary N) is 1. The number of hydrogen-bond acceptors (Lipinski definition) is 7. The Bertz CT molecular complexity index is 1070. The van der Waals surface area contributed by atoms with Crippen molar-refractivity contribution in [3.8, 4) is 0 Å². The first-order valence-corrected chi connectivity index (χ1v) is 9.70. The average Bonchev–Trinajstić information content (AvgIpc) is 3.31. The van der Waals surface area contributed by atoms with Gasteiger partial charge >= 0.3 is 0 Å². The maximum atomic E-state index is 12.4. The van der Waals surface area contributed by atoms with Gasteiger partial charge in [0.2, 0.25) is 5.82 Å². The summed E-state index contributed by atoms with van der Waals surface area (Å²) in [6.07, 6.45) is 4.62. The fraction of sp³-hybridized carbons (Fsp3) is 0.450. The lowest BCUT2D eigenvalue weighted by atomic mass is 10.2. The summed E-state index contributed by atoms with van der Waals surface area (Å²) < 4.78 is 1.78. The second kappa shape index (κ2) is 7.31. The van der Waals surface area contributed by atoms with E-state index in [4.69, 9.17) is 0 Å². The molecule has 1 N–H and O–H groups in total. The molecule has 0 aromatic carbocycles. The van der Waals surface area contributed by atoms with Crippen LogP contribution < -0.4 is 10.2 Å². The maximum Gasteiger partial charge on any atom is 0.291 e. The molecule has 0 saturated carbocycles. The number of rotatable bonds is 4. The van der Waals surface area contributed by atoms with Gasteiger partial charge in [-0.25, -0.2) is 15.0 Å². The molecule has 29 heavy (non-hydrogen) atoms. The second-order valence-electron chi connectivity index (χ2n) is 7.72. The lowest BCUT2D eigenvalue weighted by Gasteiger charge is -2.22. The van der Waals surface area contributed by atoms with Gasteiger partial charge in [0.1, 0.15) is 5.82 Å². The van der Waals surface area contributed by atoms with Crippen molar-refractivity contribution in [3.05, 3.63) is 35.5 Å². The highest BCUT2D eigenvalue weighted by Gasteiger charge is 2.27. The molecule has 1 saturated heterocycles. The first-order chi connectivity index (χ1) is 13.8. The molecule has 0 spiro atoms. The molecular weight excluding hydrogens is 368 g/mol. The number of nitrogens with zero attached hydrogens (tertiary/aromatic N) is 7. The van der Waals surface area contributed by atoms with Crippen molar-refractivity contribution in [2.75, 3.05) is 37.4 Å². The number of carbonyl (C=O) groups is 1. The number of fused-ring (bicyclic) bond motifs is 1. The third-order valence-corrected chi connectivity index (χ3v) is 5.44. The molecule has 3 aromatic rings. The minimum Gasteiger partial charge on any atom is -0.380 e. The van der Waals surface area contributed by atoms with Gasteiger partial charge in [0, 0.05) is 63.4 Å².